The van der Waals surface area contributed by atoms with E-state index in [9.17, 15) is 23.2 Å². The molecule has 1 unspecified atom stereocenters. The fourth-order valence-corrected chi connectivity index (χ4v) is 4.18. The fourth-order valence-electron chi connectivity index (χ4n) is 4.18. The van der Waals surface area contributed by atoms with Crippen LogP contribution in [0.25, 0.3) is 11.1 Å². The number of rotatable bonds is 5. The third-order valence-electron chi connectivity index (χ3n) is 6.11. The number of carbonyl (C=O) groups is 1. The fraction of sp³-hybridized carbons (Fsp3) is 0.231. The predicted molar refractivity (Wildman–Crippen MR) is 116 cm³/mol. The van der Waals surface area contributed by atoms with Crippen molar-refractivity contribution < 1.29 is 22.7 Å². The molecule has 33 heavy (non-hydrogen) atoms. The smallest absolute Gasteiger partial charge is 0.411 e. The molecule has 1 aliphatic rings. The summed E-state index contributed by atoms with van der Waals surface area (Å²) in [6, 6.07) is 17.8. The number of nitrogens with zero attached hydrogens (tertiary/aromatic N) is 2. The van der Waals surface area contributed by atoms with Crippen molar-refractivity contribution in [3.05, 3.63) is 95.3 Å². The number of amides is 1. The summed E-state index contributed by atoms with van der Waals surface area (Å²) in [7, 11) is 0. The van der Waals surface area contributed by atoms with Gasteiger partial charge in [0, 0.05) is 24.6 Å². The summed E-state index contributed by atoms with van der Waals surface area (Å²) in [5.41, 5.74) is 1.15. The molecule has 4 nitrogen and oxygen atoms in total. The van der Waals surface area contributed by atoms with E-state index < -0.39 is 29.1 Å². The lowest BCUT2D eigenvalue weighted by Gasteiger charge is -2.42. The van der Waals surface area contributed by atoms with Gasteiger partial charge >= 0.3 is 6.09 Å². The van der Waals surface area contributed by atoms with Gasteiger partial charge in [0.05, 0.1) is 18.5 Å². The minimum Gasteiger partial charge on any atom is -0.437 e. The summed E-state index contributed by atoms with van der Waals surface area (Å²) < 4.78 is 46.4. The molecule has 0 radical (unpaired) electrons. The molecule has 2 atom stereocenters. The van der Waals surface area contributed by atoms with Gasteiger partial charge in [0.25, 0.3) is 0 Å². The summed E-state index contributed by atoms with van der Waals surface area (Å²) >= 11 is 0. The van der Waals surface area contributed by atoms with Gasteiger partial charge in [-0.25, -0.2) is 18.0 Å². The van der Waals surface area contributed by atoms with Crippen LogP contribution in [-0.4, -0.2) is 17.5 Å². The van der Waals surface area contributed by atoms with Crippen LogP contribution in [0.15, 0.2) is 66.7 Å². The molecule has 0 spiro atoms. The molecular weight excluding hydrogens is 429 g/mol. The molecule has 1 fully saturated rings. The molecule has 0 N–H and O–H groups in total. The molecule has 1 amide bonds. The molecule has 0 bridgehead atoms. The molecule has 3 aromatic carbocycles. The van der Waals surface area contributed by atoms with E-state index in [4.69, 9.17) is 4.74 Å². The summed E-state index contributed by atoms with van der Waals surface area (Å²) in [6.07, 6.45) is -0.229. The highest BCUT2D eigenvalue weighted by Gasteiger charge is 2.43. The highest BCUT2D eigenvalue weighted by Crippen LogP contribution is 2.39. The molecule has 0 saturated carbocycles. The Morgan fingerprint density at radius 1 is 1.03 bits per heavy atom. The van der Waals surface area contributed by atoms with Crippen molar-refractivity contribution in [1.29, 1.82) is 5.26 Å². The number of halogens is 3. The number of hydrogen-bond donors (Lipinski definition) is 0. The number of carbonyl (C=O) groups excluding carboxylic acids is 1. The second-order valence-electron chi connectivity index (χ2n) is 8.07. The molecule has 7 heteroatoms. The maximum atomic E-state index is 14.1. The lowest BCUT2D eigenvalue weighted by atomic mass is 9.86. The van der Waals surface area contributed by atoms with Crippen molar-refractivity contribution >= 4 is 6.09 Å². The molecule has 1 saturated heterocycles. The number of nitriles is 1. The van der Waals surface area contributed by atoms with Crippen LogP contribution in [0.1, 0.15) is 36.9 Å². The highest BCUT2D eigenvalue weighted by atomic mass is 19.1. The van der Waals surface area contributed by atoms with Gasteiger partial charge in [-0.2, -0.15) is 5.26 Å². The third kappa shape index (κ3) is 4.42. The maximum absolute atomic E-state index is 14.1. The van der Waals surface area contributed by atoms with Crippen molar-refractivity contribution in [1.82, 2.24) is 4.90 Å². The molecular formula is C26H21F3N2O2. The number of benzene rings is 3. The Morgan fingerprint density at radius 3 is 2.30 bits per heavy atom. The quantitative estimate of drug-likeness (QED) is 0.447. The van der Waals surface area contributed by atoms with Gasteiger partial charge < -0.3 is 9.64 Å². The van der Waals surface area contributed by atoms with E-state index in [2.05, 4.69) is 6.07 Å². The summed E-state index contributed by atoms with van der Waals surface area (Å²) in [5.74, 6) is -1.70. The van der Waals surface area contributed by atoms with E-state index in [1.165, 1.54) is 36.4 Å². The second-order valence-corrected chi connectivity index (χ2v) is 8.07. The van der Waals surface area contributed by atoms with Gasteiger partial charge in [-0.15, -0.1) is 0 Å². The summed E-state index contributed by atoms with van der Waals surface area (Å²) in [6.45, 7) is 2.19. The number of ether oxygens (including phenoxy) is 1. The van der Waals surface area contributed by atoms with E-state index in [0.29, 0.717) is 24.1 Å². The van der Waals surface area contributed by atoms with Crippen molar-refractivity contribution in [2.75, 3.05) is 6.54 Å². The average Bonchev–Trinajstić information content (AvgIpc) is 2.79. The van der Waals surface area contributed by atoms with Crippen molar-refractivity contribution in [2.24, 2.45) is 0 Å². The molecule has 0 aromatic heterocycles. The first-order valence-corrected chi connectivity index (χ1v) is 10.5. The van der Waals surface area contributed by atoms with Crippen LogP contribution in [0.2, 0.25) is 0 Å². The van der Waals surface area contributed by atoms with E-state index in [0.717, 1.165) is 11.6 Å². The van der Waals surface area contributed by atoms with Crippen LogP contribution in [0.3, 0.4) is 0 Å². The normalized spacial score (nSPS) is 19.0. The first kappa shape index (κ1) is 22.4. The average molecular weight is 450 g/mol. The molecule has 4 rings (SSSR count). The SMILES string of the molecule is CC(c1ccc(-c2ccc(F)cc2F)cc1)N1CC[C@](CC#N)(c2ccc(F)cc2)OC1=O. The highest BCUT2D eigenvalue weighted by molar-refractivity contribution is 5.70. The first-order valence-electron chi connectivity index (χ1n) is 10.5. The maximum Gasteiger partial charge on any atom is 0.411 e. The zero-order valence-electron chi connectivity index (χ0n) is 17.9. The van der Waals surface area contributed by atoms with E-state index >= 15 is 0 Å². The molecule has 0 aliphatic carbocycles. The van der Waals surface area contributed by atoms with Gasteiger partial charge in [-0.3, -0.25) is 0 Å². The monoisotopic (exact) mass is 450 g/mol. The van der Waals surface area contributed by atoms with Crippen molar-refractivity contribution in [3.63, 3.8) is 0 Å². The van der Waals surface area contributed by atoms with Crippen LogP contribution >= 0.6 is 0 Å². The first-order chi connectivity index (χ1) is 15.8. The van der Waals surface area contributed by atoms with Gasteiger partial charge in [0.1, 0.15) is 17.5 Å². The van der Waals surface area contributed by atoms with Gasteiger partial charge in [-0.1, -0.05) is 36.4 Å². The zero-order valence-corrected chi connectivity index (χ0v) is 17.9. The van der Waals surface area contributed by atoms with Crippen molar-refractivity contribution in [3.8, 4) is 17.2 Å². The Kier molecular flexibility index (Phi) is 6.10. The van der Waals surface area contributed by atoms with Crippen LogP contribution < -0.4 is 0 Å². The Labute approximate surface area is 189 Å². The Bertz CT molecular complexity index is 1210. The predicted octanol–water partition coefficient (Wildman–Crippen LogP) is 6.48. The molecule has 1 heterocycles. The number of cyclic esters (lactones) is 1. The van der Waals surface area contributed by atoms with Crippen molar-refractivity contribution in [2.45, 2.75) is 31.4 Å². The largest absolute Gasteiger partial charge is 0.437 e. The Balaban J connectivity index is 1.53. The lowest BCUT2D eigenvalue weighted by molar-refractivity contribution is -0.0579. The van der Waals surface area contributed by atoms with E-state index in [1.807, 2.05) is 6.92 Å². The Hall–Kier alpha value is -3.79. The standard InChI is InChI=1S/C26H21F3N2O2/c1-17(18-2-4-19(5-3-18)23-11-10-22(28)16-24(23)29)31-15-13-26(12-14-30,33-25(31)32)20-6-8-21(27)9-7-20/h2-11,16-17H,12-13,15H2,1H3/t17?,26-/m1/s1. The summed E-state index contributed by atoms with van der Waals surface area (Å²) in [4.78, 5) is 14.5. The lowest BCUT2D eigenvalue weighted by Crippen LogP contribution is -2.48. The van der Waals surface area contributed by atoms with Gasteiger partial charge in [0.2, 0.25) is 0 Å². The van der Waals surface area contributed by atoms with Crippen LogP contribution in [-0.2, 0) is 10.3 Å². The van der Waals surface area contributed by atoms with Crippen LogP contribution in [0, 0.1) is 28.8 Å². The number of hydrogen-bond acceptors (Lipinski definition) is 3. The topological polar surface area (TPSA) is 53.3 Å². The van der Waals surface area contributed by atoms with Crippen LogP contribution in [0.5, 0.6) is 0 Å². The van der Waals surface area contributed by atoms with Gasteiger partial charge in [0.15, 0.2) is 5.60 Å². The Morgan fingerprint density at radius 2 is 1.70 bits per heavy atom. The molecule has 3 aromatic rings. The molecule has 1 aliphatic heterocycles. The minimum atomic E-state index is -1.13. The van der Waals surface area contributed by atoms with Gasteiger partial charge in [-0.05, 0) is 47.9 Å². The summed E-state index contributed by atoms with van der Waals surface area (Å²) in [5, 5.41) is 9.32. The third-order valence-corrected chi connectivity index (χ3v) is 6.11. The zero-order chi connectivity index (χ0) is 23.6. The van der Waals surface area contributed by atoms with E-state index in [-0.39, 0.29) is 18.0 Å². The second kappa shape index (κ2) is 8.99. The van der Waals surface area contributed by atoms with Crippen LogP contribution in [0.4, 0.5) is 18.0 Å². The minimum absolute atomic E-state index is 0.0372. The van der Waals surface area contributed by atoms with E-state index in [1.54, 1.807) is 29.2 Å². The molecule has 168 valence electrons.